The summed E-state index contributed by atoms with van der Waals surface area (Å²) in [7, 11) is 3.41. The van der Waals surface area contributed by atoms with Gasteiger partial charge in [-0.05, 0) is 43.2 Å². The molecule has 3 rings (SSSR count). The van der Waals surface area contributed by atoms with E-state index >= 15 is 0 Å². The zero-order chi connectivity index (χ0) is 23.1. The molecule has 170 valence electrons. The van der Waals surface area contributed by atoms with Crippen LogP contribution < -0.4 is 0 Å². The zero-order valence-electron chi connectivity index (χ0n) is 18.3. The highest BCUT2D eigenvalue weighted by Crippen LogP contribution is 2.30. The maximum absolute atomic E-state index is 13.2. The first-order chi connectivity index (χ1) is 15.4. The molecule has 1 amide bonds. The summed E-state index contributed by atoms with van der Waals surface area (Å²) in [5.41, 5.74) is 1.66. The average molecular weight is 477 g/mol. The Morgan fingerprint density at radius 3 is 2.62 bits per heavy atom. The maximum Gasteiger partial charge on any atom is 0.233 e. The predicted molar refractivity (Wildman–Crippen MR) is 125 cm³/mol. The van der Waals surface area contributed by atoms with Crippen LogP contribution >= 0.6 is 23.4 Å². The van der Waals surface area contributed by atoms with Crippen molar-refractivity contribution in [3.63, 3.8) is 0 Å². The first-order valence-corrected chi connectivity index (χ1v) is 11.6. The third kappa shape index (κ3) is 5.88. The highest BCUT2D eigenvalue weighted by atomic mass is 35.5. The van der Waals surface area contributed by atoms with E-state index in [-0.39, 0.29) is 23.5 Å². The van der Waals surface area contributed by atoms with Crippen LogP contribution in [0.25, 0.3) is 11.4 Å². The molecule has 9 heteroatoms. The SMILES string of the molecule is COCCCn1c(SCC(=O)N(C)C(C)c2ccc(F)cc2)nnc1-c1ccccc1Cl. The van der Waals surface area contributed by atoms with E-state index in [0.29, 0.717) is 29.2 Å². The second kappa shape index (κ2) is 11.4. The number of halogens is 2. The van der Waals surface area contributed by atoms with Crippen LogP contribution in [0.15, 0.2) is 53.7 Å². The number of carbonyl (C=O) groups is 1. The van der Waals surface area contributed by atoms with Gasteiger partial charge in [0.2, 0.25) is 5.91 Å². The van der Waals surface area contributed by atoms with Crippen molar-refractivity contribution in [3.8, 4) is 11.4 Å². The van der Waals surface area contributed by atoms with E-state index in [4.69, 9.17) is 16.3 Å². The molecule has 0 aliphatic rings. The molecular weight excluding hydrogens is 451 g/mol. The largest absolute Gasteiger partial charge is 0.385 e. The first-order valence-electron chi connectivity index (χ1n) is 10.2. The van der Waals surface area contributed by atoms with Crippen molar-refractivity contribution in [3.05, 3.63) is 64.9 Å². The number of nitrogens with zero attached hydrogens (tertiary/aromatic N) is 4. The Kier molecular flexibility index (Phi) is 8.67. The number of benzene rings is 2. The fraction of sp³-hybridized carbons (Fsp3) is 0.348. The van der Waals surface area contributed by atoms with Crippen LogP contribution in [0.5, 0.6) is 0 Å². The molecule has 0 fully saturated rings. The van der Waals surface area contributed by atoms with Gasteiger partial charge in [0, 0.05) is 32.9 Å². The second-order valence-electron chi connectivity index (χ2n) is 7.30. The van der Waals surface area contributed by atoms with Crippen molar-refractivity contribution >= 4 is 29.3 Å². The molecule has 1 unspecified atom stereocenters. The Labute approximate surface area is 196 Å². The number of amides is 1. The number of hydrogen-bond acceptors (Lipinski definition) is 5. The molecule has 0 spiro atoms. The molecule has 32 heavy (non-hydrogen) atoms. The molecule has 1 atom stereocenters. The van der Waals surface area contributed by atoms with Gasteiger partial charge in [0.05, 0.1) is 16.8 Å². The zero-order valence-corrected chi connectivity index (χ0v) is 19.9. The minimum atomic E-state index is -0.299. The number of methoxy groups -OCH3 is 1. The Morgan fingerprint density at radius 2 is 1.94 bits per heavy atom. The van der Waals surface area contributed by atoms with Gasteiger partial charge in [-0.25, -0.2) is 4.39 Å². The molecule has 0 radical (unpaired) electrons. The Hall–Kier alpha value is -2.42. The molecule has 0 bridgehead atoms. The van der Waals surface area contributed by atoms with Gasteiger partial charge in [-0.3, -0.25) is 4.79 Å². The smallest absolute Gasteiger partial charge is 0.233 e. The summed E-state index contributed by atoms with van der Waals surface area (Å²) in [5, 5.41) is 9.90. The minimum Gasteiger partial charge on any atom is -0.385 e. The number of aromatic nitrogens is 3. The van der Waals surface area contributed by atoms with Gasteiger partial charge in [-0.2, -0.15) is 0 Å². The van der Waals surface area contributed by atoms with E-state index in [1.165, 1.54) is 23.9 Å². The minimum absolute atomic E-state index is 0.0578. The second-order valence-corrected chi connectivity index (χ2v) is 8.65. The summed E-state index contributed by atoms with van der Waals surface area (Å²) >= 11 is 7.71. The average Bonchev–Trinajstić information content (AvgIpc) is 3.20. The third-order valence-corrected chi connectivity index (χ3v) is 6.49. The summed E-state index contributed by atoms with van der Waals surface area (Å²) in [5.74, 6) is 0.507. The van der Waals surface area contributed by atoms with Crippen LogP contribution in [0.4, 0.5) is 4.39 Å². The molecule has 0 N–H and O–H groups in total. The van der Waals surface area contributed by atoms with E-state index in [2.05, 4.69) is 10.2 Å². The maximum atomic E-state index is 13.2. The molecule has 1 aromatic heterocycles. The quantitative estimate of drug-likeness (QED) is 0.301. The lowest BCUT2D eigenvalue weighted by Gasteiger charge is -2.25. The van der Waals surface area contributed by atoms with Crippen molar-refractivity contribution < 1.29 is 13.9 Å². The molecule has 0 saturated heterocycles. The fourth-order valence-corrected chi connectivity index (χ4v) is 4.32. The van der Waals surface area contributed by atoms with E-state index in [1.807, 2.05) is 35.8 Å². The standard InChI is InChI=1S/C23H26ClFN4O2S/c1-16(17-9-11-18(25)12-10-17)28(2)21(30)15-32-23-27-26-22(29(23)13-6-14-31-3)19-7-4-5-8-20(19)24/h4-5,7-12,16H,6,13-15H2,1-3H3. The van der Waals surface area contributed by atoms with Gasteiger partial charge in [0.25, 0.3) is 0 Å². The van der Waals surface area contributed by atoms with E-state index in [0.717, 1.165) is 17.5 Å². The molecule has 6 nitrogen and oxygen atoms in total. The number of hydrogen-bond donors (Lipinski definition) is 0. The summed E-state index contributed by atoms with van der Waals surface area (Å²) in [6.07, 6.45) is 0.773. The summed E-state index contributed by atoms with van der Waals surface area (Å²) in [6, 6.07) is 13.5. The molecule has 1 heterocycles. The lowest BCUT2D eigenvalue weighted by molar-refractivity contribution is -0.128. The topological polar surface area (TPSA) is 60.2 Å². The summed E-state index contributed by atoms with van der Waals surface area (Å²) in [4.78, 5) is 14.5. The molecule has 3 aromatic rings. The third-order valence-electron chi connectivity index (χ3n) is 5.21. The van der Waals surface area contributed by atoms with Gasteiger partial charge in [0.15, 0.2) is 11.0 Å². The Morgan fingerprint density at radius 1 is 1.22 bits per heavy atom. The van der Waals surface area contributed by atoms with E-state index in [1.54, 1.807) is 31.2 Å². The number of carbonyl (C=O) groups excluding carboxylic acids is 1. The van der Waals surface area contributed by atoms with Crippen molar-refractivity contribution in [1.29, 1.82) is 0 Å². The summed E-state index contributed by atoms with van der Waals surface area (Å²) in [6.45, 7) is 3.15. The van der Waals surface area contributed by atoms with Crippen molar-refractivity contribution in [2.75, 3.05) is 26.5 Å². The molecular formula is C23H26ClFN4O2S. The van der Waals surface area contributed by atoms with Crippen LogP contribution in [-0.4, -0.2) is 52.1 Å². The van der Waals surface area contributed by atoms with Crippen molar-refractivity contribution in [1.82, 2.24) is 19.7 Å². The van der Waals surface area contributed by atoms with Gasteiger partial charge in [-0.15, -0.1) is 10.2 Å². The number of ether oxygens (including phenoxy) is 1. The highest BCUT2D eigenvalue weighted by Gasteiger charge is 2.21. The molecule has 0 aliphatic heterocycles. The normalized spacial score (nSPS) is 12.0. The fourth-order valence-electron chi connectivity index (χ4n) is 3.21. The van der Waals surface area contributed by atoms with Crippen molar-refractivity contribution in [2.24, 2.45) is 0 Å². The molecule has 2 aromatic carbocycles. The van der Waals surface area contributed by atoms with E-state index in [9.17, 15) is 9.18 Å². The Balaban J connectivity index is 1.74. The van der Waals surface area contributed by atoms with Gasteiger partial charge < -0.3 is 14.2 Å². The van der Waals surface area contributed by atoms with Crippen LogP contribution in [0.1, 0.15) is 24.9 Å². The molecule has 0 saturated carbocycles. The van der Waals surface area contributed by atoms with Crippen molar-refractivity contribution in [2.45, 2.75) is 31.1 Å². The first kappa shape index (κ1) is 24.2. The van der Waals surface area contributed by atoms with Crippen LogP contribution in [0.2, 0.25) is 5.02 Å². The summed E-state index contributed by atoms with van der Waals surface area (Å²) < 4.78 is 20.4. The van der Waals surface area contributed by atoms with Gasteiger partial charge >= 0.3 is 0 Å². The monoisotopic (exact) mass is 476 g/mol. The lowest BCUT2D eigenvalue weighted by Crippen LogP contribution is -2.31. The highest BCUT2D eigenvalue weighted by molar-refractivity contribution is 7.99. The van der Waals surface area contributed by atoms with Gasteiger partial charge in [0.1, 0.15) is 5.82 Å². The molecule has 0 aliphatic carbocycles. The predicted octanol–water partition coefficient (Wildman–Crippen LogP) is 5.09. The lowest BCUT2D eigenvalue weighted by atomic mass is 10.1. The van der Waals surface area contributed by atoms with Gasteiger partial charge in [-0.1, -0.05) is 47.6 Å². The van der Waals surface area contributed by atoms with Crippen LogP contribution in [-0.2, 0) is 16.1 Å². The Bertz CT molecular complexity index is 1040. The van der Waals surface area contributed by atoms with E-state index < -0.39 is 0 Å². The number of rotatable bonds is 10. The number of thioether (sulfide) groups is 1. The van der Waals surface area contributed by atoms with Crippen LogP contribution in [0.3, 0.4) is 0 Å². The van der Waals surface area contributed by atoms with Crippen LogP contribution in [0, 0.1) is 5.82 Å².